The summed E-state index contributed by atoms with van der Waals surface area (Å²) in [6.07, 6.45) is 1.12. The number of nitriles is 1. The topological polar surface area (TPSA) is 98.5 Å². The Labute approximate surface area is 151 Å². The minimum atomic E-state index is -4.17. The molecule has 0 radical (unpaired) electrons. The molecule has 1 heterocycles. The summed E-state index contributed by atoms with van der Waals surface area (Å²) in [6, 6.07) is 4.16. The second-order valence-electron chi connectivity index (χ2n) is 5.81. The van der Waals surface area contributed by atoms with Gasteiger partial charge in [0.1, 0.15) is 16.5 Å². The molecule has 26 heavy (non-hydrogen) atoms. The van der Waals surface area contributed by atoms with Gasteiger partial charge >= 0.3 is 0 Å². The second-order valence-corrected chi connectivity index (χ2v) is 9.80. The molecule has 0 aromatic heterocycles. The summed E-state index contributed by atoms with van der Waals surface area (Å²) in [4.78, 5) is -0.633. The molecule has 1 aromatic carbocycles. The van der Waals surface area contributed by atoms with E-state index in [2.05, 4.69) is 0 Å². The van der Waals surface area contributed by atoms with E-state index >= 15 is 0 Å². The third kappa shape index (κ3) is 4.76. The van der Waals surface area contributed by atoms with E-state index in [4.69, 9.17) is 5.26 Å². The molecule has 2 rings (SSSR count). The fourth-order valence-electron chi connectivity index (χ4n) is 2.63. The van der Waals surface area contributed by atoms with Crippen molar-refractivity contribution in [2.75, 3.05) is 31.9 Å². The highest BCUT2D eigenvalue weighted by Crippen LogP contribution is 2.22. The van der Waals surface area contributed by atoms with Gasteiger partial charge in [-0.15, -0.1) is 0 Å². The number of hydrogen-bond donors (Lipinski definition) is 0. The molecule has 0 atom stereocenters. The number of unbranched alkanes of at least 4 members (excludes halogenated alkanes) is 2. The van der Waals surface area contributed by atoms with Crippen LogP contribution in [-0.2, 0) is 20.0 Å². The predicted octanol–water partition coefficient (Wildman–Crippen LogP) is 1.29. The standard InChI is InChI=1S/C15H19F2N3O4S2/c16-13-4-5-15(14(17)12-13)26(23,24)20-9-7-19(8-10-20)25(21,22)11-3-1-2-6-18/h4-5,12H,1-3,7-11H2. The van der Waals surface area contributed by atoms with Gasteiger partial charge in [-0.3, -0.25) is 0 Å². The van der Waals surface area contributed by atoms with Gasteiger partial charge in [0, 0.05) is 38.7 Å². The van der Waals surface area contributed by atoms with Crippen molar-refractivity contribution in [1.29, 1.82) is 5.26 Å². The normalized spacial score (nSPS) is 17.1. The van der Waals surface area contributed by atoms with Crippen molar-refractivity contribution in [3.63, 3.8) is 0 Å². The van der Waals surface area contributed by atoms with Crippen LogP contribution in [0.3, 0.4) is 0 Å². The third-order valence-corrected chi connectivity index (χ3v) is 7.93. The number of hydrogen-bond acceptors (Lipinski definition) is 5. The maximum atomic E-state index is 13.8. The van der Waals surface area contributed by atoms with Gasteiger partial charge in [-0.1, -0.05) is 0 Å². The maximum Gasteiger partial charge on any atom is 0.246 e. The van der Waals surface area contributed by atoms with Gasteiger partial charge in [0.25, 0.3) is 0 Å². The number of benzene rings is 1. The molecule has 1 saturated heterocycles. The average Bonchev–Trinajstić information content (AvgIpc) is 2.58. The van der Waals surface area contributed by atoms with E-state index in [1.54, 1.807) is 0 Å². The van der Waals surface area contributed by atoms with Crippen molar-refractivity contribution in [2.45, 2.75) is 24.2 Å². The number of rotatable bonds is 7. The molecule has 0 bridgehead atoms. The molecule has 1 aliphatic heterocycles. The molecule has 0 amide bonds. The Kier molecular flexibility index (Phi) is 6.68. The van der Waals surface area contributed by atoms with Gasteiger partial charge in [-0.25, -0.2) is 25.6 Å². The Morgan fingerprint density at radius 3 is 2.19 bits per heavy atom. The van der Waals surface area contributed by atoms with Crippen LogP contribution in [0.2, 0.25) is 0 Å². The van der Waals surface area contributed by atoms with Crippen LogP contribution in [-0.4, -0.2) is 57.4 Å². The van der Waals surface area contributed by atoms with Crippen molar-refractivity contribution in [1.82, 2.24) is 8.61 Å². The first-order valence-electron chi connectivity index (χ1n) is 7.98. The first kappa shape index (κ1) is 20.7. The molecule has 0 aliphatic carbocycles. The van der Waals surface area contributed by atoms with Crippen LogP contribution in [0.1, 0.15) is 19.3 Å². The van der Waals surface area contributed by atoms with E-state index in [0.717, 1.165) is 16.4 Å². The van der Waals surface area contributed by atoms with Gasteiger partial charge in [0.15, 0.2) is 0 Å². The Bertz CT molecular complexity index is 890. The molecular formula is C15H19F2N3O4S2. The van der Waals surface area contributed by atoms with Crippen LogP contribution in [0.5, 0.6) is 0 Å². The van der Waals surface area contributed by atoms with Crippen LogP contribution in [0.25, 0.3) is 0 Å². The zero-order valence-corrected chi connectivity index (χ0v) is 15.6. The Hall–Kier alpha value is -1.61. The van der Waals surface area contributed by atoms with Gasteiger partial charge < -0.3 is 0 Å². The summed E-state index contributed by atoms with van der Waals surface area (Å²) >= 11 is 0. The molecule has 11 heteroatoms. The number of nitrogens with zero attached hydrogens (tertiary/aromatic N) is 3. The SMILES string of the molecule is N#CCCCCS(=O)(=O)N1CCN(S(=O)(=O)c2ccc(F)cc2F)CC1. The fourth-order valence-corrected chi connectivity index (χ4v) is 5.64. The van der Waals surface area contributed by atoms with Crippen LogP contribution in [0, 0.1) is 23.0 Å². The molecule has 144 valence electrons. The molecule has 0 saturated carbocycles. The van der Waals surface area contributed by atoms with Crippen molar-refractivity contribution < 1.29 is 25.6 Å². The molecule has 1 aromatic rings. The summed E-state index contributed by atoms with van der Waals surface area (Å²) in [7, 11) is -7.70. The lowest BCUT2D eigenvalue weighted by Crippen LogP contribution is -2.51. The second kappa shape index (κ2) is 8.39. The lowest BCUT2D eigenvalue weighted by Gasteiger charge is -2.33. The van der Waals surface area contributed by atoms with Crippen molar-refractivity contribution in [3.8, 4) is 6.07 Å². The Morgan fingerprint density at radius 2 is 1.62 bits per heavy atom. The monoisotopic (exact) mass is 407 g/mol. The third-order valence-electron chi connectivity index (χ3n) is 4.04. The minimum absolute atomic E-state index is 0.0391. The van der Waals surface area contributed by atoms with Crippen molar-refractivity contribution in [2.24, 2.45) is 0 Å². The highest BCUT2D eigenvalue weighted by Gasteiger charge is 2.34. The molecule has 0 spiro atoms. The summed E-state index contributed by atoms with van der Waals surface area (Å²) in [5.74, 6) is -2.17. The average molecular weight is 407 g/mol. The van der Waals surface area contributed by atoms with Crippen molar-refractivity contribution in [3.05, 3.63) is 29.8 Å². The largest absolute Gasteiger partial charge is 0.246 e. The van der Waals surface area contributed by atoms with Crippen LogP contribution in [0.4, 0.5) is 8.78 Å². The molecule has 0 N–H and O–H groups in total. The van der Waals surface area contributed by atoms with E-state index < -0.39 is 36.6 Å². The lowest BCUT2D eigenvalue weighted by atomic mass is 10.3. The van der Waals surface area contributed by atoms with Crippen LogP contribution < -0.4 is 0 Å². The van der Waals surface area contributed by atoms with E-state index in [1.165, 1.54) is 4.31 Å². The van der Waals surface area contributed by atoms with Gasteiger partial charge in [0.2, 0.25) is 20.0 Å². The Balaban J connectivity index is 2.02. The van der Waals surface area contributed by atoms with Crippen LogP contribution in [0.15, 0.2) is 23.1 Å². The molecule has 7 nitrogen and oxygen atoms in total. The van der Waals surface area contributed by atoms with Gasteiger partial charge in [-0.05, 0) is 25.0 Å². The van der Waals surface area contributed by atoms with Crippen molar-refractivity contribution >= 4 is 20.0 Å². The zero-order chi connectivity index (χ0) is 19.4. The smallest absolute Gasteiger partial charge is 0.212 e. The lowest BCUT2D eigenvalue weighted by molar-refractivity contribution is 0.272. The minimum Gasteiger partial charge on any atom is -0.212 e. The summed E-state index contributed by atoms with van der Waals surface area (Å²) in [6.45, 7) is -0.307. The van der Waals surface area contributed by atoms with Crippen LogP contribution >= 0.6 is 0 Å². The molecule has 0 unspecified atom stereocenters. The maximum absolute atomic E-state index is 13.8. The quantitative estimate of drug-likeness (QED) is 0.635. The molecule has 1 fully saturated rings. The highest BCUT2D eigenvalue weighted by atomic mass is 32.2. The molecular weight excluding hydrogens is 388 g/mol. The summed E-state index contributed by atoms with van der Waals surface area (Å²) in [5.41, 5.74) is 0. The van der Waals surface area contributed by atoms with E-state index in [1.807, 2.05) is 6.07 Å². The highest BCUT2D eigenvalue weighted by molar-refractivity contribution is 7.89. The fraction of sp³-hybridized carbons (Fsp3) is 0.533. The van der Waals surface area contributed by atoms with Gasteiger partial charge in [0.05, 0.1) is 11.8 Å². The first-order valence-corrected chi connectivity index (χ1v) is 11.0. The van der Waals surface area contributed by atoms with E-state index in [9.17, 15) is 25.6 Å². The summed E-state index contributed by atoms with van der Waals surface area (Å²) < 4.78 is 78.4. The van der Waals surface area contributed by atoms with Gasteiger partial charge in [-0.2, -0.15) is 13.9 Å². The predicted molar refractivity (Wildman–Crippen MR) is 89.9 cm³/mol. The number of piperazine rings is 1. The van der Waals surface area contributed by atoms with E-state index in [0.29, 0.717) is 18.9 Å². The summed E-state index contributed by atoms with van der Waals surface area (Å²) in [5, 5.41) is 8.46. The zero-order valence-electron chi connectivity index (χ0n) is 13.9. The Morgan fingerprint density at radius 1 is 1.00 bits per heavy atom. The molecule has 1 aliphatic rings. The first-order chi connectivity index (χ1) is 12.2. The number of sulfonamides is 2. The number of halogens is 2. The van der Waals surface area contributed by atoms with E-state index in [-0.39, 0.29) is 38.4 Å².